The second-order valence-corrected chi connectivity index (χ2v) is 7.92. The molecular weight excluding hydrogens is 330 g/mol. The number of rotatable bonds is 5. The third-order valence-electron chi connectivity index (χ3n) is 3.15. The van der Waals surface area contributed by atoms with Crippen molar-refractivity contribution in [3.63, 3.8) is 0 Å². The molecule has 1 N–H and O–H groups in total. The maximum Gasteiger partial charge on any atom is 0.274 e. The van der Waals surface area contributed by atoms with Crippen LogP contribution in [0.3, 0.4) is 0 Å². The van der Waals surface area contributed by atoms with Crippen LogP contribution < -0.4 is 4.72 Å². The highest BCUT2D eigenvalue weighted by Gasteiger charge is 2.31. The Labute approximate surface area is 131 Å². The minimum atomic E-state index is -3.89. The number of amides is 1. The summed E-state index contributed by atoms with van der Waals surface area (Å²) < 4.78 is 36.3. The molecule has 1 aliphatic heterocycles. The van der Waals surface area contributed by atoms with Gasteiger partial charge in [0.25, 0.3) is 5.91 Å². The third kappa shape index (κ3) is 3.61. The first-order valence-corrected chi connectivity index (χ1v) is 9.42. The van der Waals surface area contributed by atoms with Crippen molar-refractivity contribution in [3.8, 4) is 0 Å². The number of hydrogen-bond acceptors (Lipinski definition) is 8. The van der Waals surface area contributed by atoms with Gasteiger partial charge in [-0.3, -0.25) is 4.79 Å². The molecule has 0 radical (unpaired) electrons. The van der Waals surface area contributed by atoms with Gasteiger partial charge in [0.05, 0.1) is 6.61 Å². The Morgan fingerprint density at radius 1 is 1.45 bits per heavy atom. The van der Waals surface area contributed by atoms with E-state index in [1.807, 2.05) is 4.72 Å². The van der Waals surface area contributed by atoms with Crippen molar-refractivity contribution in [1.82, 2.24) is 14.9 Å². The molecule has 1 aliphatic carbocycles. The molecule has 1 amide bonds. The molecule has 1 fully saturated rings. The summed E-state index contributed by atoms with van der Waals surface area (Å²) in [5, 5.41) is 3.64. The van der Waals surface area contributed by atoms with E-state index in [-0.39, 0.29) is 16.6 Å². The summed E-state index contributed by atoms with van der Waals surface area (Å²) in [6, 6.07) is 0. The summed E-state index contributed by atoms with van der Waals surface area (Å²) in [7, 11) is -3.89. The number of hydrogen-bond donors (Lipinski definition) is 1. The van der Waals surface area contributed by atoms with Gasteiger partial charge in [0, 0.05) is 11.7 Å². The maximum atomic E-state index is 12.0. The number of carbonyl (C=O) groups is 1. The van der Waals surface area contributed by atoms with Crippen LogP contribution in [0.2, 0.25) is 0 Å². The number of thioether (sulfide) groups is 1. The summed E-state index contributed by atoms with van der Waals surface area (Å²) >= 11 is 1.27. The quantitative estimate of drug-likeness (QED) is 0.837. The number of nitrogens with one attached hydrogen (secondary N) is 1. The Morgan fingerprint density at radius 3 is 2.91 bits per heavy atom. The van der Waals surface area contributed by atoms with E-state index in [4.69, 9.17) is 9.26 Å². The van der Waals surface area contributed by atoms with Gasteiger partial charge in [0.2, 0.25) is 15.9 Å². The van der Waals surface area contributed by atoms with E-state index in [0.717, 1.165) is 12.8 Å². The van der Waals surface area contributed by atoms with Gasteiger partial charge >= 0.3 is 0 Å². The molecule has 10 heteroatoms. The predicted molar refractivity (Wildman–Crippen MR) is 78.1 cm³/mol. The lowest BCUT2D eigenvalue weighted by Crippen LogP contribution is -2.33. The van der Waals surface area contributed by atoms with Gasteiger partial charge in [-0.05, 0) is 19.8 Å². The van der Waals surface area contributed by atoms with Crippen molar-refractivity contribution in [2.45, 2.75) is 31.4 Å². The Bertz CT molecular complexity index is 721. The van der Waals surface area contributed by atoms with Crippen molar-refractivity contribution in [2.24, 2.45) is 0 Å². The van der Waals surface area contributed by atoms with E-state index in [1.165, 1.54) is 11.8 Å². The van der Waals surface area contributed by atoms with Crippen LogP contribution in [-0.4, -0.2) is 36.8 Å². The second-order valence-electron chi connectivity index (χ2n) is 5.10. The van der Waals surface area contributed by atoms with Crippen LogP contribution in [0, 0.1) is 0 Å². The van der Waals surface area contributed by atoms with Crippen LogP contribution in [0.15, 0.2) is 15.2 Å². The van der Waals surface area contributed by atoms with Crippen molar-refractivity contribution in [2.75, 3.05) is 12.4 Å². The zero-order valence-electron chi connectivity index (χ0n) is 11.9. The standard InChI is InChI=1S/C12H15N3O5S2/c1-7-10(21-5-4-19-7)11(16)15-22(17,18)6-9-13-12(20-14-9)8-2-3-8/h8H,2-6H2,1H3,(H,15,16). The van der Waals surface area contributed by atoms with Crippen LogP contribution in [-0.2, 0) is 25.3 Å². The summed E-state index contributed by atoms with van der Waals surface area (Å²) in [5.74, 6) is 0.629. The molecule has 0 saturated heterocycles. The average molecular weight is 345 g/mol. The first kappa shape index (κ1) is 15.3. The zero-order chi connectivity index (χ0) is 15.7. The number of sulfonamides is 1. The minimum absolute atomic E-state index is 0.0560. The highest BCUT2D eigenvalue weighted by molar-refractivity contribution is 8.04. The highest BCUT2D eigenvalue weighted by atomic mass is 32.2. The van der Waals surface area contributed by atoms with Gasteiger partial charge in [-0.1, -0.05) is 5.16 Å². The van der Waals surface area contributed by atoms with Gasteiger partial charge in [-0.2, -0.15) is 4.98 Å². The monoisotopic (exact) mass is 345 g/mol. The lowest BCUT2D eigenvalue weighted by atomic mass is 10.4. The molecule has 1 aromatic rings. The van der Waals surface area contributed by atoms with E-state index in [0.29, 0.717) is 24.0 Å². The maximum absolute atomic E-state index is 12.0. The van der Waals surface area contributed by atoms with E-state index < -0.39 is 21.7 Å². The molecule has 0 unspecified atom stereocenters. The normalized spacial score (nSPS) is 19.0. The Morgan fingerprint density at radius 2 is 2.23 bits per heavy atom. The van der Waals surface area contributed by atoms with E-state index >= 15 is 0 Å². The first-order chi connectivity index (χ1) is 10.4. The van der Waals surface area contributed by atoms with Crippen LogP contribution in [0.1, 0.15) is 37.4 Å². The predicted octanol–water partition coefficient (Wildman–Crippen LogP) is 0.888. The van der Waals surface area contributed by atoms with Gasteiger partial charge < -0.3 is 9.26 Å². The molecule has 0 atom stereocenters. The van der Waals surface area contributed by atoms with Crippen LogP contribution in [0.5, 0.6) is 0 Å². The van der Waals surface area contributed by atoms with Gasteiger partial charge in [0.15, 0.2) is 5.82 Å². The molecule has 0 aromatic carbocycles. The Balaban J connectivity index is 1.66. The first-order valence-electron chi connectivity index (χ1n) is 6.78. The molecule has 120 valence electrons. The number of ether oxygens (including phenoxy) is 1. The summed E-state index contributed by atoms with van der Waals surface area (Å²) in [5.41, 5.74) is 0. The highest BCUT2D eigenvalue weighted by Crippen LogP contribution is 2.38. The average Bonchev–Trinajstić information content (AvgIpc) is 3.19. The topological polar surface area (TPSA) is 111 Å². The lowest BCUT2D eigenvalue weighted by molar-refractivity contribution is -0.115. The van der Waals surface area contributed by atoms with Gasteiger partial charge in [-0.15, -0.1) is 11.8 Å². The smallest absolute Gasteiger partial charge is 0.274 e. The van der Waals surface area contributed by atoms with Gasteiger partial charge in [-0.25, -0.2) is 13.1 Å². The summed E-state index contributed by atoms with van der Waals surface area (Å²) in [6.07, 6.45) is 1.96. The third-order valence-corrected chi connectivity index (χ3v) is 5.42. The number of carbonyl (C=O) groups excluding carboxylic acids is 1. The van der Waals surface area contributed by atoms with Crippen molar-refractivity contribution in [1.29, 1.82) is 0 Å². The van der Waals surface area contributed by atoms with E-state index in [1.54, 1.807) is 6.92 Å². The van der Waals surface area contributed by atoms with Crippen LogP contribution in [0.25, 0.3) is 0 Å². The fourth-order valence-electron chi connectivity index (χ4n) is 1.95. The summed E-state index contributed by atoms with van der Waals surface area (Å²) in [4.78, 5) is 16.3. The molecule has 1 saturated carbocycles. The molecular formula is C12H15N3O5S2. The molecule has 2 aliphatic rings. The van der Waals surface area contributed by atoms with E-state index in [2.05, 4.69) is 10.1 Å². The molecule has 22 heavy (non-hydrogen) atoms. The molecule has 2 heterocycles. The largest absolute Gasteiger partial charge is 0.496 e. The van der Waals surface area contributed by atoms with Crippen molar-refractivity contribution in [3.05, 3.63) is 22.4 Å². The van der Waals surface area contributed by atoms with E-state index in [9.17, 15) is 13.2 Å². The Kier molecular flexibility index (Phi) is 4.13. The van der Waals surface area contributed by atoms with Crippen LogP contribution in [0.4, 0.5) is 0 Å². The molecule has 0 bridgehead atoms. The fraction of sp³-hybridized carbons (Fsp3) is 0.583. The molecule has 3 rings (SSSR count). The molecule has 0 spiro atoms. The van der Waals surface area contributed by atoms with Crippen molar-refractivity contribution >= 4 is 27.7 Å². The SMILES string of the molecule is CC1=C(C(=O)NS(=O)(=O)Cc2noc(C3CC3)n2)SCCO1. The number of aromatic nitrogens is 2. The minimum Gasteiger partial charge on any atom is -0.496 e. The number of nitrogens with zero attached hydrogens (tertiary/aromatic N) is 2. The molecule has 8 nitrogen and oxygen atoms in total. The lowest BCUT2D eigenvalue weighted by Gasteiger charge is -2.17. The van der Waals surface area contributed by atoms with Crippen LogP contribution >= 0.6 is 11.8 Å². The van der Waals surface area contributed by atoms with Crippen molar-refractivity contribution < 1.29 is 22.5 Å². The Hall–Kier alpha value is -1.55. The van der Waals surface area contributed by atoms with Gasteiger partial charge in [0.1, 0.15) is 16.4 Å². The zero-order valence-corrected chi connectivity index (χ0v) is 13.5. The summed E-state index contributed by atoms with van der Waals surface area (Å²) in [6.45, 7) is 2.14. The fourth-order valence-corrected chi connectivity index (χ4v) is 3.74. The molecule has 1 aromatic heterocycles. The number of allylic oxidation sites excluding steroid dienone is 1. The second kappa shape index (κ2) is 5.92.